The van der Waals surface area contributed by atoms with Crippen LogP contribution in [0, 0.1) is 12.7 Å². The highest BCUT2D eigenvalue weighted by Gasteiger charge is 2.06. The first kappa shape index (κ1) is 15.3. The molecule has 5 nitrogen and oxygen atoms in total. The van der Waals surface area contributed by atoms with Crippen molar-refractivity contribution in [3.05, 3.63) is 69.7 Å². The number of halogens is 1. The zero-order valence-corrected chi connectivity index (χ0v) is 12.7. The third kappa shape index (κ3) is 3.60. The Morgan fingerprint density at radius 1 is 1.17 bits per heavy atom. The molecule has 1 N–H and O–H groups in total. The summed E-state index contributed by atoms with van der Waals surface area (Å²) < 4.78 is 19.0. The van der Waals surface area contributed by atoms with Crippen molar-refractivity contribution in [1.82, 2.24) is 15.0 Å². The molecule has 2 aromatic heterocycles. The molecule has 1 aromatic carbocycles. The molecule has 23 heavy (non-hydrogen) atoms. The van der Waals surface area contributed by atoms with Gasteiger partial charge in [-0.15, -0.1) is 0 Å². The number of H-pyrrole nitrogens is 1. The maximum atomic E-state index is 13.5. The van der Waals surface area contributed by atoms with Crippen molar-refractivity contribution in [2.75, 3.05) is 6.61 Å². The van der Waals surface area contributed by atoms with Gasteiger partial charge in [-0.1, -0.05) is 18.2 Å². The number of aryl methyl sites for hydroxylation is 1. The number of hydrogen-bond acceptors (Lipinski definition) is 4. The first-order valence-corrected chi connectivity index (χ1v) is 7.31. The molecular formula is C17H16FN3O2. The molecule has 0 saturated heterocycles. The van der Waals surface area contributed by atoms with Crippen LogP contribution in [0.4, 0.5) is 4.39 Å². The summed E-state index contributed by atoms with van der Waals surface area (Å²) in [5, 5.41) is 0.450. The number of hydrogen-bond donors (Lipinski definition) is 1. The molecule has 0 unspecified atom stereocenters. The second kappa shape index (κ2) is 6.66. The lowest BCUT2D eigenvalue weighted by Gasteiger charge is -2.06. The van der Waals surface area contributed by atoms with Gasteiger partial charge in [0, 0.05) is 5.69 Å². The van der Waals surface area contributed by atoms with Crippen molar-refractivity contribution in [2.24, 2.45) is 0 Å². The van der Waals surface area contributed by atoms with Crippen LogP contribution in [0.3, 0.4) is 0 Å². The van der Waals surface area contributed by atoms with Gasteiger partial charge in [0.05, 0.1) is 12.0 Å². The average Bonchev–Trinajstić information content (AvgIpc) is 2.52. The summed E-state index contributed by atoms with van der Waals surface area (Å²) in [6.07, 6.45) is 0.460. The van der Waals surface area contributed by atoms with Gasteiger partial charge in [-0.25, -0.2) is 14.4 Å². The van der Waals surface area contributed by atoms with Gasteiger partial charge in [0.2, 0.25) is 0 Å². The molecule has 0 aliphatic heterocycles. The third-order valence-corrected chi connectivity index (χ3v) is 3.47. The molecule has 0 amide bonds. The zero-order chi connectivity index (χ0) is 16.2. The molecule has 0 fully saturated rings. The molecule has 6 heteroatoms. The highest BCUT2D eigenvalue weighted by atomic mass is 19.1. The Morgan fingerprint density at radius 2 is 2.00 bits per heavy atom. The van der Waals surface area contributed by atoms with Crippen LogP contribution < -0.4 is 5.56 Å². The Kier molecular flexibility index (Phi) is 4.43. The Bertz CT molecular complexity index is 892. The number of ether oxygens (including phenoxy) is 1. The summed E-state index contributed by atoms with van der Waals surface area (Å²) in [7, 11) is 0. The van der Waals surface area contributed by atoms with Crippen molar-refractivity contribution >= 4 is 11.0 Å². The predicted molar refractivity (Wildman–Crippen MR) is 84.7 cm³/mol. The van der Waals surface area contributed by atoms with E-state index < -0.39 is 0 Å². The van der Waals surface area contributed by atoms with Crippen molar-refractivity contribution < 1.29 is 9.13 Å². The molecule has 0 radical (unpaired) electrons. The molecule has 0 aliphatic carbocycles. The summed E-state index contributed by atoms with van der Waals surface area (Å²) >= 11 is 0. The van der Waals surface area contributed by atoms with Crippen LogP contribution in [0.2, 0.25) is 0 Å². The van der Waals surface area contributed by atoms with Crippen LogP contribution in [0.25, 0.3) is 11.0 Å². The smallest absolute Gasteiger partial charge is 0.260 e. The van der Waals surface area contributed by atoms with E-state index in [0.717, 1.165) is 5.69 Å². The molecule has 0 bridgehead atoms. The van der Waals surface area contributed by atoms with E-state index in [1.165, 1.54) is 6.07 Å². The van der Waals surface area contributed by atoms with E-state index in [4.69, 9.17) is 4.74 Å². The summed E-state index contributed by atoms with van der Waals surface area (Å²) in [5.41, 5.74) is 1.56. The maximum Gasteiger partial charge on any atom is 0.260 e. The molecule has 0 aliphatic rings. The number of nitrogens with zero attached hydrogens (tertiary/aromatic N) is 2. The molecule has 0 saturated carbocycles. The zero-order valence-electron chi connectivity index (χ0n) is 12.7. The van der Waals surface area contributed by atoms with Gasteiger partial charge in [0.1, 0.15) is 18.2 Å². The lowest BCUT2D eigenvalue weighted by Crippen LogP contribution is -2.14. The van der Waals surface area contributed by atoms with Crippen LogP contribution in [0.1, 0.15) is 17.1 Å². The molecule has 118 valence electrons. The van der Waals surface area contributed by atoms with Gasteiger partial charge in [0.15, 0.2) is 5.65 Å². The number of aromatic nitrogens is 3. The summed E-state index contributed by atoms with van der Waals surface area (Å²) in [6.45, 7) is 2.33. The lowest BCUT2D eigenvalue weighted by molar-refractivity contribution is 0.118. The predicted octanol–water partition coefficient (Wildman–Crippen LogP) is 2.52. The molecule has 2 heterocycles. The number of nitrogens with one attached hydrogen (secondary N) is 1. The van der Waals surface area contributed by atoms with Crippen molar-refractivity contribution in [3.8, 4) is 0 Å². The van der Waals surface area contributed by atoms with E-state index >= 15 is 0 Å². The van der Waals surface area contributed by atoms with Crippen molar-refractivity contribution in [1.29, 1.82) is 0 Å². The number of pyridine rings is 1. The quantitative estimate of drug-likeness (QED) is 0.735. The van der Waals surface area contributed by atoms with Crippen LogP contribution in [-0.4, -0.2) is 21.6 Å². The van der Waals surface area contributed by atoms with Crippen LogP contribution in [-0.2, 0) is 17.8 Å². The maximum absolute atomic E-state index is 13.5. The number of benzene rings is 1. The SMILES string of the molecule is Cc1ccc2c(=O)[nH]c(COCCc3ccccc3F)nc2n1. The van der Waals surface area contributed by atoms with Crippen molar-refractivity contribution in [2.45, 2.75) is 20.0 Å². The second-order valence-electron chi connectivity index (χ2n) is 5.23. The molecule has 0 atom stereocenters. The molecule has 3 rings (SSSR count). The molecule has 3 aromatic rings. The lowest BCUT2D eigenvalue weighted by atomic mass is 10.1. The van der Waals surface area contributed by atoms with E-state index in [0.29, 0.717) is 35.4 Å². The highest BCUT2D eigenvalue weighted by Crippen LogP contribution is 2.08. The fourth-order valence-corrected chi connectivity index (χ4v) is 2.28. The van der Waals surface area contributed by atoms with Gasteiger partial charge in [-0.3, -0.25) is 4.79 Å². The first-order chi connectivity index (χ1) is 11.1. The minimum Gasteiger partial charge on any atom is -0.373 e. The number of fused-ring (bicyclic) bond motifs is 1. The average molecular weight is 313 g/mol. The standard InChI is InChI=1S/C17H16FN3O2/c1-11-6-7-13-16(19-11)20-15(21-17(13)22)10-23-9-8-12-4-2-3-5-14(12)18/h2-7H,8-10H2,1H3,(H,19,20,21,22). The van der Waals surface area contributed by atoms with Gasteiger partial charge in [-0.05, 0) is 37.1 Å². The third-order valence-electron chi connectivity index (χ3n) is 3.47. The van der Waals surface area contributed by atoms with E-state index in [1.54, 1.807) is 30.3 Å². The summed E-state index contributed by atoms with van der Waals surface area (Å²) in [6, 6.07) is 10.1. The van der Waals surface area contributed by atoms with Gasteiger partial charge < -0.3 is 9.72 Å². The summed E-state index contributed by atoms with van der Waals surface area (Å²) in [4.78, 5) is 23.2. The van der Waals surface area contributed by atoms with Gasteiger partial charge in [-0.2, -0.15) is 0 Å². The largest absolute Gasteiger partial charge is 0.373 e. The number of rotatable bonds is 5. The van der Waals surface area contributed by atoms with E-state index in [2.05, 4.69) is 15.0 Å². The highest BCUT2D eigenvalue weighted by molar-refractivity contribution is 5.73. The van der Waals surface area contributed by atoms with E-state index in [9.17, 15) is 9.18 Å². The van der Waals surface area contributed by atoms with Crippen molar-refractivity contribution in [3.63, 3.8) is 0 Å². The topological polar surface area (TPSA) is 67.9 Å². The Hall–Kier alpha value is -2.60. The van der Waals surface area contributed by atoms with Crippen LogP contribution >= 0.6 is 0 Å². The Balaban J connectivity index is 1.65. The first-order valence-electron chi connectivity index (χ1n) is 7.31. The minimum atomic E-state index is -0.243. The second-order valence-corrected chi connectivity index (χ2v) is 5.23. The monoisotopic (exact) mass is 313 g/mol. The van der Waals surface area contributed by atoms with Crippen LogP contribution in [0.15, 0.2) is 41.2 Å². The van der Waals surface area contributed by atoms with E-state index in [1.807, 2.05) is 6.92 Å². The van der Waals surface area contributed by atoms with Gasteiger partial charge in [0.25, 0.3) is 5.56 Å². The summed E-state index contributed by atoms with van der Waals surface area (Å²) in [5.74, 6) is 0.169. The fourth-order valence-electron chi connectivity index (χ4n) is 2.28. The Labute approximate surface area is 132 Å². The molecule has 0 spiro atoms. The number of aromatic amines is 1. The van der Waals surface area contributed by atoms with Crippen LogP contribution in [0.5, 0.6) is 0 Å². The normalized spacial score (nSPS) is 11.0. The minimum absolute atomic E-state index is 0.148. The fraction of sp³-hybridized carbons (Fsp3) is 0.235. The molecular weight excluding hydrogens is 297 g/mol. The Morgan fingerprint density at radius 3 is 2.83 bits per heavy atom. The van der Waals surface area contributed by atoms with E-state index in [-0.39, 0.29) is 18.0 Å². The van der Waals surface area contributed by atoms with Gasteiger partial charge >= 0.3 is 0 Å².